The molecule has 0 aromatic heterocycles. The van der Waals surface area contributed by atoms with Crippen LogP contribution >= 0.6 is 15.9 Å². The summed E-state index contributed by atoms with van der Waals surface area (Å²) in [5.41, 5.74) is 0. The van der Waals surface area contributed by atoms with Gasteiger partial charge >= 0.3 is 0 Å². The highest BCUT2D eigenvalue weighted by molar-refractivity contribution is 9.10. The number of amides is 1. The lowest BCUT2D eigenvalue weighted by Crippen LogP contribution is -2.46. The van der Waals surface area contributed by atoms with Gasteiger partial charge in [0.05, 0.1) is 10.8 Å². The lowest BCUT2D eigenvalue weighted by atomic mass is 9.98. The Hall–Kier alpha value is -0.920. The number of rotatable bonds is 5. The molecule has 1 aromatic rings. The molecule has 7 heteroatoms. The van der Waals surface area contributed by atoms with Crippen LogP contribution in [0, 0.1) is 5.92 Å². The number of carbonyl (C=O) groups is 1. The Labute approximate surface area is 146 Å². The Morgan fingerprint density at radius 2 is 1.87 bits per heavy atom. The number of hydrogen-bond acceptors (Lipinski definition) is 3. The van der Waals surface area contributed by atoms with Gasteiger partial charge in [0.1, 0.15) is 0 Å². The molecule has 1 fully saturated rings. The van der Waals surface area contributed by atoms with Gasteiger partial charge in [0, 0.05) is 30.7 Å². The van der Waals surface area contributed by atoms with Crippen molar-refractivity contribution in [3.8, 4) is 0 Å². The van der Waals surface area contributed by atoms with Crippen LogP contribution in [0.25, 0.3) is 0 Å². The molecule has 1 aliphatic rings. The number of piperidine rings is 1. The average molecular weight is 403 g/mol. The summed E-state index contributed by atoms with van der Waals surface area (Å²) in [5, 5.41) is 0. The first-order valence-corrected chi connectivity index (χ1v) is 10.2. The van der Waals surface area contributed by atoms with Crippen molar-refractivity contribution in [2.75, 3.05) is 26.2 Å². The SMILES string of the molecule is CCN(CC)C(=O)C1CCCN(S(=O)(=O)c2ccc(Br)cc2)C1. The molecule has 0 aliphatic carbocycles. The number of benzene rings is 1. The Kier molecular flexibility index (Phi) is 6.22. The van der Waals surface area contributed by atoms with Gasteiger partial charge in [-0.3, -0.25) is 4.79 Å². The standard InChI is InChI=1S/C16H23BrN2O3S/c1-3-18(4-2)16(20)13-6-5-11-19(12-13)23(21,22)15-9-7-14(17)8-10-15/h7-10,13H,3-6,11-12H2,1-2H3. The topological polar surface area (TPSA) is 57.7 Å². The maximum atomic E-state index is 12.8. The summed E-state index contributed by atoms with van der Waals surface area (Å²) in [6.07, 6.45) is 1.47. The molecule has 0 spiro atoms. The number of nitrogens with zero attached hydrogens (tertiary/aromatic N) is 2. The Morgan fingerprint density at radius 3 is 2.43 bits per heavy atom. The summed E-state index contributed by atoms with van der Waals surface area (Å²) in [6, 6.07) is 6.62. The third-order valence-corrected chi connectivity index (χ3v) is 6.67. The molecule has 1 aromatic carbocycles. The summed E-state index contributed by atoms with van der Waals surface area (Å²) >= 11 is 3.31. The van der Waals surface area contributed by atoms with Gasteiger partial charge in [0.25, 0.3) is 0 Å². The summed E-state index contributed by atoms with van der Waals surface area (Å²) in [4.78, 5) is 14.6. The van der Waals surface area contributed by atoms with E-state index in [9.17, 15) is 13.2 Å². The number of halogens is 1. The van der Waals surface area contributed by atoms with Crippen molar-refractivity contribution in [1.82, 2.24) is 9.21 Å². The van der Waals surface area contributed by atoms with Gasteiger partial charge in [-0.2, -0.15) is 4.31 Å². The van der Waals surface area contributed by atoms with E-state index in [4.69, 9.17) is 0 Å². The van der Waals surface area contributed by atoms with Crippen LogP contribution < -0.4 is 0 Å². The van der Waals surface area contributed by atoms with E-state index in [1.807, 2.05) is 13.8 Å². The van der Waals surface area contributed by atoms with Crippen LogP contribution in [-0.2, 0) is 14.8 Å². The monoisotopic (exact) mass is 402 g/mol. The Balaban J connectivity index is 2.17. The van der Waals surface area contributed by atoms with E-state index in [0.29, 0.717) is 26.1 Å². The minimum Gasteiger partial charge on any atom is -0.343 e. The zero-order valence-electron chi connectivity index (χ0n) is 13.5. The quantitative estimate of drug-likeness (QED) is 0.760. The predicted octanol–water partition coefficient (Wildman–Crippen LogP) is 2.72. The van der Waals surface area contributed by atoms with Crippen LogP contribution in [-0.4, -0.2) is 49.7 Å². The summed E-state index contributed by atoms with van der Waals surface area (Å²) in [7, 11) is -3.54. The molecule has 5 nitrogen and oxygen atoms in total. The van der Waals surface area contributed by atoms with E-state index in [-0.39, 0.29) is 23.3 Å². The largest absolute Gasteiger partial charge is 0.343 e. The van der Waals surface area contributed by atoms with Crippen LogP contribution in [0.1, 0.15) is 26.7 Å². The summed E-state index contributed by atoms with van der Waals surface area (Å²) in [6.45, 7) is 5.95. The number of hydrogen-bond donors (Lipinski definition) is 0. The second-order valence-corrected chi connectivity index (χ2v) is 8.52. The smallest absolute Gasteiger partial charge is 0.243 e. The van der Waals surface area contributed by atoms with Gasteiger partial charge in [-0.1, -0.05) is 15.9 Å². The van der Waals surface area contributed by atoms with E-state index in [0.717, 1.165) is 10.9 Å². The van der Waals surface area contributed by atoms with E-state index in [2.05, 4.69) is 15.9 Å². The van der Waals surface area contributed by atoms with Crippen LogP contribution in [0.15, 0.2) is 33.6 Å². The van der Waals surface area contributed by atoms with Crippen molar-refractivity contribution in [3.05, 3.63) is 28.7 Å². The van der Waals surface area contributed by atoms with Gasteiger partial charge in [-0.25, -0.2) is 8.42 Å². The van der Waals surface area contributed by atoms with Crippen molar-refractivity contribution >= 4 is 31.9 Å². The van der Waals surface area contributed by atoms with Crippen molar-refractivity contribution in [2.24, 2.45) is 5.92 Å². The minimum atomic E-state index is -3.54. The maximum absolute atomic E-state index is 12.8. The zero-order chi connectivity index (χ0) is 17.0. The number of carbonyl (C=O) groups excluding carboxylic acids is 1. The second kappa shape index (κ2) is 7.77. The van der Waals surface area contributed by atoms with E-state index >= 15 is 0 Å². The van der Waals surface area contributed by atoms with Crippen molar-refractivity contribution in [3.63, 3.8) is 0 Å². The fourth-order valence-electron chi connectivity index (χ4n) is 2.91. The van der Waals surface area contributed by atoms with Crippen LogP contribution in [0.2, 0.25) is 0 Å². The van der Waals surface area contributed by atoms with Crippen LogP contribution in [0.4, 0.5) is 0 Å². The molecule has 1 aliphatic heterocycles. The van der Waals surface area contributed by atoms with Crippen LogP contribution in [0.5, 0.6) is 0 Å². The average Bonchev–Trinajstić information content (AvgIpc) is 2.56. The molecule has 1 amide bonds. The van der Waals surface area contributed by atoms with E-state index < -0.39 is 10.0 Å². The van der Waals surface area contributed by atoms with Gasteiger partial charge in [0.2, 0.25) is 15.9 Å². The maximum Gasteiger partial charge on any atom is 0.243 e. The molecule has 1 heterocycles. The third kappa shape index (κ3) is 4.14. The zero-order valence-corrected chi connectivity index (χ0v) is 15.9. The van der Waals surface area contributed by atoms with E-state index in [1.165, 1.54) is 4.31 Å². The fraction of sp³-hybridized carbons (Fsp3) is 0.562. The molecule has 1 unspecified atom stereocenters. The van der Waals surface area contributed by atoms with Gasteiger partial charge in [0.15, 0.2) is 0 Å². The Morgan fingerprint density at radius 1 is 1.26 bits per heavy atom. The minimum absolute atomic E-state index is 0.0608. The molecule has 128 valence electrons. The van der Waals surface area contributed by atoms with Crippen LogP contribution in [0.3, 0.4) is 0 Å². The summed E-state index contributed by atoms with van der Waals surface area (Å²) < 4.78 is 27.8. The first kappa shape index (κ1) is 18.4. The second-order valence-electron chi connectivity index (χ2n) is 5.67. The first-order valence-electron chi connectivity index (χ1n) is 7.94. The molecule has 0 N–H and O–H groups in total. The molecule has 1 atom stereocenters. The normalized spacial score (nSPS) is 19.5. The molecule has 2 rings (SSSR count). The molecule has 1 saturated heterocycles. The molecular formula is C16H23BrN2O3S. The molecule has 23 heavy (non-hydrogen) atoms. The van der Waals surface area contributed by atoms with Crippen molar-refractivity contribution < 1.29 is 13.2 Å². The lowest BCUT2D eigenvalue weighted by molar-refractivity contribution is -0.136. The highest BCUT2D eigenvalue weighted by Gasteiger charge is 2.34. The lowest BCUT2D eigenvalue weighted by Gasteiger charge is -2.33. The summed E-state index contributed by atoms with van der Waals surface area (Å²) in [5.74, 6) is -0.181. The molecular weight excluding hydrogens is 380 g/mol. The van der Waals surface area contributed by atoms with Gasteiger partial charge < -0.3 is 4.90 Å². The fourth-order valence-corrected chi connectivity index (χ4v) is 4.70. The highest BCUT2D eigenvalue weighted by Crippen LogP contribution is 2.25. The van der Waals surface area contributed by atoms with Gasteiger partial charge in [-0.05, 0) is 51.0 Å². The molecule has 0 saturated carbocycles. The van der Waals surface area contributed by atoms with Crippen molar-refractivity contribution in [2.45, 2.75) is 31.6 Å². The van der Waals surface area contributed by atoms with Crippen molar-refractivity contribution in [1.29, 1.82) is 0 Å². The van der Waals surface area contributed by atoms with E-state index in [1.54, 1.807) is 29.2 Å². The first-order chi connectivity index (χ1) is 10.9. The predicted molar refractivity (Wildman–Crippen MR) is 93.6 cm³/mol. The number of sulfonamides is 1. The van der Waals surface area contributed by atoms with Gasteiger partial charge in [-0.15, -0.1) is 0 Å². The third-order valence-electron chi connectivity index (χ3n) is 4.26. The molecule has 0 radical (unpaired) electrons. The highest BCUT2D eigenvalue weighted by atomic mass is 79.9. The molecule has 0 bridgehead atoms. The Bertz CT molecular complexity index is 642.